The number of sulfonamides is 1. The summed E-state index contributed by atoms with van der Waals surface area (Å²) in [5.74, 6) is 0. The largest absolute Gasteiger partial charge is 0.377 e. The first kappa shape index (κ1) is 16.4. The van der Waals surface area contributed by atoms with Crippen molar-refractivity contribution in [3.8, 4) is 0 Å². The van der Waals surface area contributed by atoms with Gasteiger partial charge in [-0.1, -0.05) is 12.1 Å². The molecule has 0 saturated heterocycles. The van der Waals surface area contributed by atoms with Crippen LogP contribution < -0.4 is 10.0 Å². The second-order valence-electron chi connectivity index (χ2n) is 6.09. The number of hydrogen-bond acceptors (Lipinski definition) is 4. The molecule has 0 unspecified atom stereocenters. The monoisotopic (exact) mass is 312 g/mol. The van der Waals surface area contributed by atoms with Crippen molar-refractivity contribution < 1.29 is 13.2 Å². The highest BCUT2D eigenvalue weighted by Crippen LogP contribution is 2.20. The van der Waals surface area contributed by atoms with Gasteiger partial charge in [0, 0.05) is 26.2 Å². The summed E-state index contributed by atoms with van der Waals surface area (Å²) in [7, 11) is -1.94. The van der Waals surface area contributed by atoms with Crippen LogP contribution in [0.2, 0.25) is 0 Å². The van der Waals surface area contributed by atoms with E-state index in [1.54, 1.807) is 25.3 Å². The molecular formula is C15H24N2O3S. The Morgan fingerprint density at radius 2 is 2.05 bits per heavy atom. The van der Waals surface area contributed by atoms with Gasteiger partial charge in [0.25, 0.3) is 0 Å². The van der Waals surface area contributed by atoms with E-state index in [4.69, 9.17) is 4.74 Å². The standard InChI is InChI=1S/C15H24N2O3S/c1-15(2,20-3)11-17-21(18,19)14-6-4-5-12(9-14)10-16-13-7-8-13/h4-6,9,13,16-17H,7-8,10-11H2,1-3H3. The molecule has 1 aliphatic carbocycles. The van der Waals surface area contributed by atoms with Gasteiger partial charge in [0.2, 0.25) is 10.0 Å². The second kappa shape index (κ2) is 6.44. The maximum atomic E-state index is 12.3. The van der Waals surface area contributed by atoms with E-state index in [2.05, 4.69) is 10.0 Å². The van der Waals surface area contributed by atoms with Crippen LogP contribution in [0.1, 0.15) is 32.3 Å². The van der Waals surface area contributed by atoms with Gasteiger partial charge in [-0.25, -0.2) is 13.1 Å². The summed E-state index contributed by atoms with van der Waals surface area (Å²) in [6.45, 7) is 4.62. The van der Waals surface area contributed by atoms with Crippen molar-refractivity contribution in [2.75, 3.05) is 13.7 Å². The SMILES string of the molecule is COC(C)(C)CNS(=O)(=O)c1cccc(CNC2CC2)c1. The minimum absolute atomic E-state index is 0.233. The topological polar surface area (TPSA) is 67.4 Å². The molecule has 0 heterocycles. The molecule has 0 amide bonds. The molecule has 5 nitrogen and oxygen atoms in total. The molecule has 6 heteroatoms. The first-order valence-electron chi connectivity index (χ1n) is 7.19. The van der Waals surface area contributed by atoms with Crippen LogP contribution in [0.5, 0.6) is 0 Å². The zero-order chi connectivity index (χ0) is 15.5. The number of ether oxygens (including phenoxy) is 1. The molecule has 0 spiro atoms. The van der Waals surface area contributed by atoms with Crippen LogP contribution in [0, 0.1) is 0 Å². The minimum atomic E-state index is -3.51. The van der Waals surface area contributed by atoms with E-state index in [0.29, 0.717) is 17.5 Å². The molecule has 2 rings (SSSR count). The summed E-state index contributed by atoms with van der Waals surface area (Å²) in [5, 5.41) is 3.38. The Hall–Kier alpha value is -0.950. The predicted octanol–water partition coefficient (Wildman–Crippen LogP) is 1.64. The van der Waals surface area contributed by atoms with E-state index in [1.165, 1.54) is 12.8 Å². The third-order valence-electron chi connectivity index (χ3n) is 3.62. The molecule has 2 N–H and O–H groups in total. The molecule has 1 aromatic carbocycles. The molecule has 21 heavy (non-hydrogen) atoms. The highest BCUT2D eigenvalue weighted by atomic mass is 32.2. The smallest absolute Gasteiger partial charge is 0.240 e. The van der Waals surface area contributed by atoms with Crippen molar-refractivity contribution in [2.24, 2.45) is 0 Å². The van der Waals surface area contributed by atoms with Crippen molar-refractivity contribution in [3.05, 3.63) is 29.8 Å². The summed E-state index contributed by atoms with van der Waals surface area (Å²) in [4.78, 5) is 0.296. The van der Waals surface area contributed by atoms with E-state index in [1.807, 2.05) is 19.9 Å². The van der Waals surface area contributed by atoms with Gasteiger partial charge in [0.15, 0.2) is 0 Å². The lowest BCUT2D eigenvalue weighted by molar-refractivity contribution is 0.0276. The molecule has 1 aromatic rings. The molecule has 0 aliphatic heterocycles. The Kier molecular flexibility index (Phi) is 5.03. The third kappa shape index (κ3) is 5.07. The molecule has 1 saturated carbocycles. The van der Waals surface area contributed by atoms with E-state index in [0.717, 1.165) is 5.56 Å². The lowest BCUT2D eigenvalue weighted by atomic mass is 10.1. The second-order valence-corrected chi connectivity index (χ2v) is 7.86. The lowest BCUT2D eigenvalue weighted by Gasteiger charge is -2.23. The fraction of sp³-hybridized carbons (Fsp3) is 0.600. The average Bonchev–Trinajstić information content (AvgIpc) is 3.28. The van der Waals surface area contributed by atoms with Crippen molar-refractivity contribution in [1.82, 2.24) is 10.0 Å². The van der Waals surface area contributed by atoms with Crippen LogP contribution in [0.25, 0.3) is 0 Å². The van der Waals surface area contributed by atoms with Gasteiger partial charge in [-0.2, -0.15) is 0 Å². The van der Waals surface area contributed by atoms with Crippen molar-refractivity contribution in [2.45, 2.75) is 49.8 Å². The molecule has 0 bridgehead atoms. The zero-order valence-electron chi connectivity index (χ0n) is 12.8. The fourth-order valence-corrected chi connectivity index (χ4v) is 3.07. The molecule has 1 aliphatic rings. The number of nitrogens with one attached hydrogen (secondary N) is 2. The van der Waals surface area contributed by atoms with Gasteiger partial charge >= 0.3 is 0 Å². The first-order valence-corrected chi connectivity index (χ1v) is 8.68. The summed E-state index contributed by atoms with van der Waals surface area (Å²) in [5.41, 5.74) is 0.453. The summed E-state index contributed by atoms with van der Waals surface area (Å²) in [6, 6.07) is 7.65. The van der Waals surface area contributed by atoms with Gasteiger partial charge in [0.1, 0.15) is 0 Å². The fourth-order valence-electron chi connectivity index (χ4n) is 1.80. The van der Waals surface area contributed by atoms with Crippen LogP contribution in [-0.4, -0.2) is 33.7 Å². The number of benzene rings is 1. The van der Waals surface area contributed by atoms with E-state index in [9.17, 15) is 8.42 Å². The van der Waals surface area contributed by atoms with Crippen LogP contribution in [0.15, 0.2) is 29.2 Å². The maximum absolute atomic E-state index is 12.3. The quantitative estimate of drug-likeness (QED) is 0.766. The maximum Gasteiger partial charge on any atom is 0.240 e. The number of rotatable bonds is 8. The van der Waals surface area contributed by atoms with Crippen molar-refractivity contribution in [3.63, 3.8) is 0 Å². The Morgan fingerprint density at radius 3 is 2.67 bits per heavy atom. The van der Waals surface area contributed by atoms with Crippen molar-refractivity contribution >= 4 is 10.0 Å². The zero-order valence-corrected chi connectivity index (χ0v) is 13.7. The molecule has 118 valence electrons. The van der Waals surface area contributed by atoms with Crippen molar-refractivity contribution in [1.29, 1.82) is 0 Å². The van der Waals surface area contributed by atoms with Crippen LogP contribution >= 0.6 is 0 Å². The van der Waals surface area contributed by atoms with Gasteiger partial charge in [0.05, 0.1) is 10.5 Å². The van der Waals surface area contributed by atoms with Crippen LogP contribution in [-0.2, 0) is 21.3 Å². The molecule has 0 radical (unpaired) electrons. The highest BCUT2D eigenvalue weighted by molar-refractivity contribution is 7.89. The lowest BCUT2D eigenvalue weighted by Crippen LogP contribution is -2.39. The van der Waals surface area contributed by atoms with E-state index < -0.39 is 15.6 Å². The van der Waals surface area contributed by atoms with Gasteiger partial charge in [-0.15, -0.1) is 0 Å². The first-order chi connectivity index (χ1) is 9.82. The Bertz CT molecular complexity index is 580. The van der Waals surface area contributed by atoms with E-state index >= 15 is 0 Å². The van der Waals surface area contributed by atoms with E-state index in [-0.39, 0.29) is 6.54 Å². The summed E-state index contributed by atoms with van der Waals surface area (Å²) < 4.78 is 32.4. The Morgan fingerprint density at radius 1 is 1.33 bits per heavy atom. The summed E-state index contributed by atoms with van der Waals surface area (Å²) in [6.07, 6.45) is 2.43. The Labute approximate surface area is 127 Å². The summed E-state index contributed by atoms with van der Waals surface area (Å²) >= 11 is 0. The molecule has 1 fully saturated rings. The molecular weight excluding hydrogens is 288 g/mol. The average molecular weight is 312 g/mol. The van der Waals surface area contributed by atoms with Crippen LogP contribution in [0.3, 0.4) is 0 Å². The van der Waals surface area contributed by atoms with Gasteiger partial charge in [-0.05, 0) is 44.4 Å². The number of methoxy groups -OCH3 is 1. The Balaban J connectivity index is 2.02. The normalized spacial score (nSPS) is 16.1. The van der Waals surface area contributed by atoms with Gasteiger partial charge < -0.3 is 10.1 Å². The van der Waals surface area contributed by atoms with Crippen LogP contribution in [0.4, 0.5) is 0 Å². The molecule has 0 aromatic heterocycles. The minimum Gasteiger partial charge on any atom is -0.377 e. The molecule has 0 atom stereocenters. The predicted molar refractivity (Wildman–Crippen MR) is 82.6 cm³/mol. The number of hydrogen-bond donors (Lipinski definition) is 2. The van der Waals surface area contributed by atoms with Gasteiger partial charge in [-0.3, -0.25) is 0 Å². The third-order valence-corrected chi connectivity index (χ3v) is 5.02. The highest BCUT2D eigenvalue weighted by Gasteiger charge is 2.22.